The smallest absolute Gasteiger partial charge is 0.142 e. The summed E-state index contributed by atoms with van der Waals surface area (Å²) in [4.78, 5) is 10.7. The Labute approximate surface area is 142 Å². The van der Waals surface area contributed by atoms with Crippen LogP contribution in [0.25, 0.3) is 18.2 Å². The second-order valence-electron chi connectivity index (χ2n) is 4.93. The van der Waals surface area contributed by atoms with Crippen LogP contribution in [-0.4, -0.2) is 27.6 Å². The summed E-state index contributed by atoms with van der Waals surface area (Å²) < 4.78 is 15.9. The minimum atomic E-state index is 0.641. The van der Waals surface area contributed by atoms with E-state index in [0.717, 1.165) is 28.7 Å². The molecule has 0 amide bonds. The Bertz CT molecular complexity index is 743. The quantitative estimate of drug-likeness (QED) is 0.437. The second kappa shape index (κ2) is 8.58. The van der Waals surface area contributed by atoms with Gasteiger partial charge in [0.15, 0.2) is 0 Å². The van der Waals surface area contributed by atoms with Crippen molar-refractivity contribution < 1.29 is 19.0 Å². The summed E-state index contributed by atoms with van der Waals surface area (Å²) in [6.07, 6.45) is 7.83. The van der Waals surface area contributed by atoms with Crippen molar-refractivity contribution in [2.75, 3.05) is 21.3 Å². The van der Waals surface area contributed by atoms with Crippen LogP contribution in [0.1, 0.15) is 16.7 Å². The Balaban J connectivity index is 2.43. The van der Waals surface area contributed by atoms with Crippen molar-refractivity contribution >= 4 is 24.5 Å². The monoisotopic (exact) mass is 324 g/mol. The van der Waals surface area contributed by atoms with E-state index in [9.17, 15) is 4.79 Å². The first kappa shape index (κ1) is 17.3. The van der Waals surface area contributed by atoms with Gasteiger partial charge in [0.2, 0.25) is 0 Å². The van der Waals surface area contributed by atoms with E-state index in [0.29, 0.717) is 11.5 Å². The van der Waals surface area contributed by atoms with Gasteiger partial charge in [0, 0.05) is 11.6 Å². The van der Waals surface area contributed by atoms with Gasteiger partial charge in [-0.15, -0.1) is 0 Å². The Kier molecular flexibility index (Phi) is 6.20. The minimum Gasteiger partial charge on any atom is -0.497 e. The van der Waals surface area contributed by atoms with E-state index < -0.39 is 0 Å². The first-order valence-electron chi connectivity index (χ1n) is 7.41. The van der Waals surface area contributed by atoms with Crippen molar-refractivity contribution in [1.29, 1.82) is 0 Å². The molecule has 0 fully saturated rings. The maximum Gasteiger partial charge on any atom is 0.142 e. The number of aldehydes is 1. The van der Waals surface area contributed by atoms with E-state index in [-0.39, 0.29) is 0 Å². The van der Waals surface area contributed by atoms with Gasteiger partial charge in [-0.3, -0.25) is 4.79 Å². The van der Waals surface area contributed by atoms with Gasteiger partial charge in [0.05, 0.1) is 21.3 Å². The molecule has 2 aromatic rings. The van der Waals surface area contributed by atoms with Gasteiger partial charge in [-0.25, -0.2) is 0 Å². The number of carbonyl (C=O) groups excluding carboxylic acids is 1. The first-order valence-corrected chi connectivity index (χ1v) is 7.41. The Morgan fingerprint density at radius 3 is 2.08 bits per heavy atom. The van der Waals surface area contributed by atoms with E-state index in [1.165, 1.54) is 6.08 Å². The molecule has 0 saturated heterocycles. The molecule has 0 aromatic heterocycles. The van der Waals surface area contributed by atoms with Crippen molar-refractivity contribution in [3.8, 4) is 17.2 Å². The third-order valence-electron chi connectivity index (χ3n) is 3.52. The van der Waals surface area contributed by atoms with E-state index in [4.69, 9.17) is 14.2 Å². The summed E-state index contributed by atoms with van der Waals surface area (Å²) in [6.45, 7) is 0. The number of hydrogen-bond donors (Lipinski definition) is 0. The number of methoxy groups -OCH3 is 3. The molecule has 0 bridgehead atoms. The highest BCUT2D eigenvalue weighted by Gasteiger charge is 2.08. The molecule has 0 radical (unpaired) electrons. The topological polar surface area (TPSA) is 44.8 Å². The molecule has 24 heavy (non-hydrogen) atoms. The van der Waals surface area contributed by atoms with E-state index in [1.807, 2.05) is 42.5 Å². The van der Waals surface area contributed by atoms with E-state index in [2.05, 4.69) is 0 Å². The Hall–Kier alpha value is -3.01. The molecule has 0 heterocycles. The van der Waals surface area contributed by atoms with Crippen LogP contribution in [0.3, 0.4) is 0 Å². The molecule has 4 heteroatoms. The van der Waals surface area contributed by atoms with Crippen LogP contribution in [0.15, 0.2) is 42.5 Å². The summed E-state index contributed by atoms with van der Waals surface area (Å²) >= 11 is 0. The molecule has 2 rings (SSSR count). The summed E-state index contributed by atoms with van der Waals surface area (Å²) in [5, 5.41) is 0. The number of benzene rings is 2. The fourth-order valence-electron chi connectivity index (χ4n) is 2.26. The number of hydrogen-bond acceptors (Lipinski definition) is 4. The van der Waals surface area contributed by atoms with Gasteiger partial charge in [-0.1, -0.05) is 24.3 Å². The van der Waals surface area contributed by atoms with Crippen LogP contribution >= 0.6 is 0 Å². The summed E-state index contributed by atoms with van der Waals surface area (Å²) in [5.74, 6) is 2.14. The van der Waals surface area contributed by atoms with E-state index in [1.54, 1.807) is 33.5 Å². The Morgan fingerprint density at radius 1 is 0.792 bits per heavy atom. The van der Waals surface area contributed by atoms with Crippen molar-refractivity contribution in [1.82, 2.24) is 0 Å². The average Bonchev–Trinajstić information content (AvgIpc) is 2.64. The number of allylic oxidation sites excluding steroid dienone is 1. The van der Waals surface area contributed by atoms with Crippen LogP contribution in [0, 0.1) is 0 Å². The normalized spacial score (nSPS) is 11.0. The largest absolute Gasteiger partial charge is 0.497 e. The molecule has 0 spiro atoms. The molecule has 0 aliphatic heterocycles. The molecule has 0 atom stereocenters. The predicted molar refractivity (Wildman–Crippen MR) is 96.6 cm³/mol. The molecule has 124 valence electrons. The van der Waals surface area contributed by atoms with Gasteiger partial charge in [0.25, 0.3) is 0 Å². The van der Waals surface area contributed by atoms with E-state index >= 15 is 0 Å². The molecule has 0 unspecified atom stereocenters. The summed E-state index contributed by atoms with van der Waals surface area (Å²) in [7, 11) is 4.83. The molecule has 0 aliphatic rings. The lowest BCUT2D eigenvalue weighted by Gasteiger charge is -2.11. The molecule has 4 nitrogen and oxygen atoms in total. The van der Waals surface area contributed by atoms with Crippen molar-refractivity contribution in [2.24, 2.45) is 0 Å². The summed E-state index contributed by atoms with van der Waals surface area (Å²) in [5.41, 5.74) is 2.73. The van der Waals surface area contributed by atoms with Crippen LogP contribution in [-0.2, 0) is 4.79 Å². The lowest BCUT2D eigenvalue weighted by molar-refractivity contribution is -0.104. The third-order valence-corrected chi connectivity index (χ3v) is 3.52. The maximum absolute atomic E-state index is 10.7. The third kappa shape index (κ3) is 4.26. The standard InChI is InChI=1S/C20H20O4/c1-22-17-10-7-15(8-11-17)6-9-16-13-18(23-2)14-20(24-3)19(16)5-4-12-21/h4-14H,1-3H3/b5-4?,9-6+. The highest BCUT2D eigenvalue weighted by atomic mass is 16.5. The zero-order valence-electron chi connectivity index (χ0n) is 14.0. The molecular weight excluding hydrogens is 304 g/mol. The average molecular weight is 324 g/mol. The minimum absolute atomic E-state index is 0.641. The van der Waals surface area contributed by atoms with Crippen LogP contribution in [0.4, 0.5) is 0 Å². The van der Waals surface area contributed by atoms with Crippen LogP contribution < -0.4 is 14.2 Å². The predicted octanol–water partition coefficient (Wildman–Crippen LogP) is 4.09. The number of ether oxygens (including phenoxy) is 3. The van der Waals surface area contributed by atoms with Gasteiger partial charge in [-0.05, 0) is 41.5 Å². The zero-order valence-corrected chi connectivity index (χ0v) is 14.0. The molecule has 2 aromatic carbocycles. The van der Waals surface area contributed by atoms with Crippen molar-refractivity contribution in [3.63, 3.8) is 0 Å². The van der Waals surface area contributed by atoms with Gasteiger partial charge < -0.3 is 14.2 Å². The molecule has 0 saturated carbocycles. The van der Waals surface area contributed by atoms with Crippen LogP contribution in [0.2, 0.25) is 0 Å². The second-order valence-corrected chi connectivity index (χ2v) is 4.93. The van der Waals surface area contributed by atoms with Gasteiger partial charge in [-0.2, -0.15) is 0 Å². The highest BCUT2D eigenvalue weighted by Crippen LogP contribution is 2.31. The fourth-order valence-corrected chi connectivity index (χ4v) is 2.26. The molecular formula is C20H20O4. The fraction of sp³-hybridized carbons (Fsp3) is 0.150. The number of rotatable bonds is 7. The zero-order chi connectivity index (χ0) is 17.4. The molecule has 0 N–H and O–H groups in total. The van der Waals surface area contributed by atoms with Crippen molar-refractivity contribution in [2.45, 2.75) is 0 Å². The summed E-state index contributed by atoms with van der Waals surface area (Å²) in [6, 6.07) is 11.4. The van der Waals surface area contributed by atoms with Gasteiger partial charge in [0.1, 0.15) is 23.5 Å². The lowest BCUT2D eigenvalue weighted by Crippen LogP contribution is -1.93. The van der Waals surface area contributed by atoms with Crippen molar-refractivity contribution in [3.05, 3.63) is 59.2 Å². The first-order chi connectivity index (χ1) is 11.7. The number of carbonyl (C=O) groups is 1. The van der Waals surface area contributed by atoms with Gasteiger partial charge >= 0.3 is 0 Å². The SMILES string of the molecule is COc1ccc(/C=C/c2cc(OC)cc(OC)c2C=CC=O)cc1. The Morgan fingerprint density at radius 2 is 1.50 bits per heavy atom. The highest BCUT2D eigenvalue weighted by molar-refractivity contribution is 5.82. The lowest BCUT2D eigenvalue weighted by atomic mass is 10.0. The van der Waals surface area contributed by atoms with Crippen LogP contribution in [0.5, 0.6) is 17.2 Å². The maximum atomic E-state index is 10.7. The molecule has 0 aliphatic carbocycles.